The van der Waals surface area contributed by atoms with E-state index in [0.29, 0.717) is 5.92 Å². The maximum atomic E-state index is 5.48. The summed E-state index contributed by atoms with van der Waals surface area (Å²) in [5.41, 5.74) is 5.32. The fraction of sp³-hybridized carbons (Fsp3) is 0.440. The number of benzene rings is 2. The van der Waals surface area contributed by atoms with Crippen molar-refractivity contribution in [3.8, 4) is 11.5 Å². The second-order valence-electron chi connectivity index (χ2n) is 8.23. The Kier molecular flexibility index (Phi) is 5.72. The summed E-state index contributed by atoms with van der Waals surface area (Å²) < 4.78 is 11.0. The van der Waals surface area contributed by atoms with E-state index in [-0.39, 0.29) is 0 Å². The number of ether oxygens (including phenoxy) is 2. The zero-order chi connectivity index (χ0) is 19.5. The van der Waals surface area contributed by atoms with Gasteiger partial charge in [-0.1, -0.05) is 36.9 Å². The molecule has 0 aromatic heterocycles. The van der Waals surface area contributed by atoms with Crippen molar-refractivity contribution in [2.24, 2.45) is 11.8 Å². The molecule has 2 aliphatic rings. The van der Waals surface area contributed by atoms with E-state index in [4.69, 9.17) is 9.47 Å². The van der Waals surface area contributed by atoms with E-state index in [2.05, 4.69) is 53.9 Å². The van der Waals surface area contributed by atoms with Crippen molar-refractivity contribution in [2.45, 2.75) is 32.2 Å². The third-order valence-corrected chi connectivity index (χ3v) is 6.49. The topological polar surface area (TPSA) is 21.7 Å². The molecule has 1 fully saturated rings. The Bertz CT molecular complexity index is 822. The molecule has 1 atom stereocenters. The molecule has 28 heavy (non-hydrogen) atoms. The second kappa shape index (κ2) is 8.40. The maximum absolute atomic E-state index is 5.48. The number of fused-ring (bicyclic) bond motifs is 1. The number of hydrogen-bond donors (Lipinski definition) is 0. The number of piperidine rings is 1. The Hall–Kier alpha value is -2.26. The normalized spacial score (nSPS) is 20.2. The number of rotatable bonds is 6. The second-order valence-corrected chi connectivity index (χ2v) is 8.23. The average Bonchev–Trinajstić information content (AvgIpc) is 3.03. The average molecular weight is 378 g/mol. The molecule has 3 nitrogen and oxygen atoms in total. The van der Waals surface area contributed by atoms with Gasteiger partial charge in [-0.3, -0.25) is 4.90 Å². The molecule has 1 heterocycles. The molecule has 1 aliphatic carbocycles. The van der Waals surface area contributed by atoms with Crippen LogP contribution in [0.15, 0.2) is 49.0 Å². The highest BCUT2D eigenvalue weighted by atomic mass is 16.5. The monoisotopic (exact) mass is 377 g/mol. The summed E-state index contributed by atoms with van der Waals surface area (Å²) in [6, 6.07) is 15.1. The molecule has 0 amide bonds. The van der Waals surface area contributed by atoms with Gasteiger partial charge in [0, 0.05) is 6.54 Å². The Morgan fingerprint density at radius 2 is 1.68 bits per heavy atom. The van der Waals surface area contributed by atoms with Crippen molar-refractivity contribution in [3.63, 3.8) is 0 Å². The highest BCUT2D eigenvalue weighted by Crippen LogP contribution is 2.45. The molecule has 1 saturated heterocycles. The summed E-state index contributed by atoms with van der Waals surface area (Å²) in [5, 5.41) is 0. The Balaban J connectivity index is 1.34. The third-order valence-electron chi connectivity index (χ3n) is 6.49. The molecule has 0 spiro atoms. The van der Waals surface area contributed by atoms with E-state index in [0.717, 1.165) is 30.4 Å². The van der Waals surface area contributed by atoms with E-state index >= 15 is 0 Å². The number of nitrogens with zero attached hydrogens (tertiary/aromatic N) is 1. The molecule has 148 valence electrons. The maximum Gasteiger partial charge on any atom is 0.161 e. The van der Waals surface area contributed by atoms with Gasteiger partial charge in [-0.25, -0.2) is 0 Å². The quantitative estimate of drug-likeness (QED) is 0.691. The molecule has 3 heteroatoms. The van der Waals surface area contributed by atoms with Gasteiger partial charge in [0.1, 0.15) is 0 Å². The molecule has 2 aromatic carbocycles. The van der Waals surface area contributed by atoms with Crippen LogP contribution in [0.1, 0.15) is 36.0 Å². The predicted molar refractivity (Wildman–Crippen MR) is 115 cm³/mol. The van der Waals surface area contributed by atoms with Crippen LogP contribution in [0.4, 0.5) is 0 Å². The largest absolute Gasteiger partial charge is 0.493 e. The smallest absolute Gasteiger partial charge is 0.161 e. The first-order valence-corrected chi connectivity index (χ1v) is 10.4. The van der Waals surface area contributed by atoms with Crippen LogP contribution in [0, 0.1) is 11.8 Å². The molecular weight excluding hydrogens is 346 g/mol. The van der Waals surface area contributed by atoms with E-state index in [9.17, 15) is 0 Å². The van der Waals surface area contributed by atoms with Gasteiger partial charge in [0.2, 0.25) is 0 Å². The van der Waals surface area contributed by atoms with Crippen LogP contribution in [0.5, 0.6) is 11.5 Å². The van der Waals surface area contributed by atoms with E-state index in [1.54, 1.807) is 14.2 Å². The minimum absolute atomic E-state index is 0.553. The third kappa shape index (κ3) is 3.95. The van der Waals surface area contributed by atoms with Crippen molar-refractivity contribution >= 4 is 5.57 Å². The molecule has 1 aliphatic heterocycles. The van der Waals surface area contributed by atoms with Crippen LogP contribution in [0.25, 0.3) is 5.57 Å². The van der Waals surface area contributed by atoms with Crippen molar-refractivity contribution in [3.05, 3.63) is 65.7 Å². The minimum atomic E-state index is 0.553. The van der Waals surface area contributed by atoms with Gasteiger partial charge in [-0.15, -0.1) is 0 Å². The van der Waals surface area contributed by atoms with Gasteiger partial charge in [-0.2, -0.15) is 0 Å². The number of hydrogen-bond acceptors (Lipinski definition) is 3. The lowest BCUT2D eigenvalue weighted by Gasteiger charge is -2.33. The SMILES string of the molecule is C=C1c2cc(OC)c(OC)cc2CC1CC1CCN(Cc2ccccc2)CC1. The summed E-state index contributed by atoms with van der Waals surface area (Å²) in [4.78, 5) is 2.60. The molecule has 0 saturated carbocycles. The number of likely N-dealkylation sites (tertiary alicyclic amines) is 1. The molecule has 1 unspecified atom stereocenters. The lowest BCUT2D eigenvalue weighted by atomic mass is 9.84. The number of methoxy groups -OCH3 is 2. The van der Waals surface area contributed by atoms with Crippen LogP contribution >= 0.6 is 0 Å². The summed E-state index contributed by atoms with van der Waals surface area (Å²) >= 11 is 0. The highest BCUT2D eigenvalue weighted by Gasteiger charge is 2.30. The van der Waals surface area contributed by atoms with E-state index < -0.39 is 0 Å². The van der Waals surface area contributed by atoms with Crippen LogP contribution in [0.2, 0.25) is 0 Å². The van der Waals surface area contributed by atoms with Gasteiger partial charge in [0.15, 0.2) is 11.5 Å². The first-order valence-electron chi connectivity index (χ1n) is 10.4. The van der Waals surface area contributed by atoms with Crippen molar-refractivity contribution in [2.75, 3.05) is 27.3 Å². The molecule has 0 N–H and O–H groups in total. The highest BCUT2D eigenvalue weighted by molar-refractivity contribution is 5.75. The lowest BCUT2D eigenvalue weighted by Crippen LogP contribution is -2.33. The van der Waals surface area contributed by atoms with Crippen molar-refractivity contribution in [1.29, 1.82) is 0 Å². The van der Waals surface area contributed by atoms with Gasteiger partial charge in [-0.05, 0) is 85.0 Å². The molecular formula is C25H31NO2. The van der Waals surface area contributed by atoms with Gasteiger partial charge in [0.25, 0.3) is 0 Å². The summed E-state index contributed by atoms with van der Waals surface area (Å²) in [5.74, 6) is 2.98. The molecule has 0 radical (unpaired) electrons. The van der Waals surface area contributed by atoms with Crippen LogP contribution in [-0.4, -0.2) is 32.2 Å². The summed E-state index contributed by atoms with van der Waals surface area (Å²) in [6.07, 6.45) is 4.91. The molecule has 4 rings (SSSR count). The Morgan fingerprint density at radius 1 is 1.00 bits per heavy atom. The first-order chi connectivity index (χ1) is 13.7. The number of allylic oxidation sites excluding steroid dienone is 1. The fourth-order valence-electron chi connectivity index (χ4n) is 4.85. The standard InChI is InChI=1S/C25H31NO2/c1-18-21(14-22-15-24(27-2)25(28-3)16-23(18)22)13-19-9-11-26(12-10-19)17-20-7-5-4-6-8-20/h4-8,15-16,19,21H,1,9-14,17H2,2-3H3. The van der Waals surface area contributed by atoms with Crippen LogP contribution < -0.4 is 9.47 Å². The Labute approximate surface area is 169 Å². The van der Waals surface area contributed by atoms with E-state index in [1.807, 2.05) is 0 Å². The van der Waals surface area contributed by atoms with Crippen LogP contribution in [-0.2, 0) is 13.0 Å². The van der Waals surface area contributed by atoms with Gasteiger partial charge in [0.05, 0.1) is 14.2 Å². The van der Waals surface area contributed by atoms with Crippen molar-refractivity contribution < 1.29 is 9.47 Å². The lowest BCUT2D eigenvalue weighted by molar-refractivity contribution is 0.166. The summed E-state index contributed by atoms with van der Waals surface area (Å²) in [7, 11) is 3.40. The molecule has 0 bridgehead atoms. The fourth-order valence-corrected chi connectivity index (χ4v) is 4.85. The Morgan fingerprint density at radius 3 is 2.36 bits per heavy atom. The van der Waals surface area contributed by atoms with Crippen LogP contribution in [0.3, 0.4) is 0 Å². The zero-order valence-electron chi connectivity index (χ0n) is 17.1. The van der Waals surface area contributed by atoms with Crippen molar-refractivity contribution in [1.82, 2.24) is 4.90 Å². The minimum Gasteiger partial charge on any atom is -0.493 e. The zero-order valence-corrected chi connectivity index (χ0v) is 17.1. The van der Waals surface area contributed by atoms with Gasteiger partial charge < -0.3 is 9.47 Å². The molecule has 2 aromatic rings. The van der Waals surface area contributed by atoms with Gasteiger partial charge >= 0.3 is 0 Å². The van der Waals surface area contributed by atoms with E-state index in [1.165, 1.54) is 54.6 Å². The summed E-state index contributed by atoms with van der Waals surface area (Å²) in [6.45, 7) is 7.92. The predicted octanol–water partition coefficient (Wildman–Crippen LogP) is 5.19. The first kappa shape index (κ1) is 19.1.